The summed E-state index contributed by atoms with van der Waals surface area (Å²) in [4.78, 5) is 14.0. The van der Waals surface area contributed by atoms with E-state index >= 15 is 0 Å². The molecule has 0 unspecified atom stereocenters. The summed E-state index contributed by atoms with van der Waals surface area (Å²) in [7, 11) is 0.146. The molecule has 0 fully saturated rings. The standard InChI is InChI=1S/C20H25N5O3S/c1-5-13-11-12-15(17(26)16(13)20(27)25(2)3)22-19-18(23-29(4,28)24-19)21-14-9-7-6-8-10-14/h6-12,26,29H,5H2,1-4H3,(H2,21,22,23,24,28). The third kappa shape index (κ3) is 4.45. The third-order valence-corrected chi connectivity index (χ3v) is 5.49. The molecule has 29 heavy (non-hydrogen) atoms. The number of rotatable bonds is 4. The predicted molar refractivity (Wildman–Crippen MR) is 120 cm³/mol. The van der Waals surface area contributed by atoms with Gasteiger partial charge in [0.2, 0.25) is 0 Å². The van der Waals surface area contributed by atoms with Gasteiger partial charge in [-0.15, -0.1) is 0 Å². The Morgan fingerprint density at radius 2 is 1.69 bits per heavy atom. The van der Waals surface area contributed by atoms with Crippen LogP contribution in [0.5, 0.6) is 5.75 Å². The van der Waals surface area contributed by atoms with Crippen LogP contribution < -0.4 is 10.6 Å². The lowest BCUT2D eigenvalue weighted by Crippen LogP contribution is -2.28. The Balaban J connectivity index is 1.96. The Morgan fingerprint density at radius 1 is 1.07 bits per heavy atom. The summed E-state index contributed by atoms with van der Waals surface area (Å²) in [6.07, 6.45) is 2.05. The van der Waals surface area contributed by atoms with Crippen molar-refractivity contribution in [3.63, 3.8) is 0 Å². The van der Waals surface area contributed by atoms with Crippen molar-refractivity contribution in [2.24, 2.45) is 8.80 Å². The number of benzene rings is 2. The minimum absolute atomic E-state index is 0.178. The van der Waals surface area contributed by atoms with E-state index in [1.807, 2.05) is 37.3 Å². The number of thiol groups is 1. The lowest BCUT2D eigenvalue weighted by atomic mass is 10.0. The van der Waals surface area contributed by atoms with Gasteiger partial charge in [-0.05, 0) is 30.2 Å². The topological polar surface area (TPSA) is 106 Å². The maximum Gasteiger partial charge on any atom is 0.257 e. The van der Waals surface area contributed by atoms with Gasteiger partial charge in [-0.25, -0.2) is 4.21 Å². The number of phenols is 1. The number of aryl methyl sites for hydroxylation is 1. The SMILES string of the molecule is CCc1ccc(NC2=N[SH](C)(=O)N=C2Nc2ccccc2)c(O)c1C(=O)N(C)C. The van der Waals surface area contributed by atoms with Crippen molar-refractivity contribution in [3.05, 3.63) is 53.6 Å². The van der Waals surface area contributed by atoms with Crippen LogP contribution in [-0.2, 0) is 16.7 Å². The van der Waals surface area contributed by atoms with E-state index < -0.39 is 10.3 Å². The highest BCUT2D eigenvalue weighted by Gasteiger charge is 2.25. The first-order chi connectivity index (χ1) is 13.7. The summed E-state index contributed by atoms with van der Waals surface area (Å²) in [6, 6.07) is 12.8. The van der Waals surface area contributed by atoms with E-state index in [2.05, 4.69) is 19.4 Å². The summed E-state index contributed by atoms with van der Waals surface area (Å²) in [5, 5.41) is 16.9. The number of anilines is 2. The number of amidine groups is 2. The zero-order valence-electron chi connectivity index (χ0n) is 16.8. The van der Waals surface area contributed by atoms with E-state index in [0.717, 1.165) is 11.3 Å². The molecule has 2 aromatic carbocycles. The van der Waals surface area contributed by atoms with Gasteiger partial charge >= 0.3 is 0 Å². The molecule has 2 aromatic rings. The van der Waals surface area contributed by atoms with E-state index in [1.165, 1.54) is 11.2 Å². The van der Waals surface area contributed by atoms with Crippen LogP contribution in [0, 0.1) is 0 Å². The first-order valence-corrected chi connectivity index (χ1v) is 11.2. The van der Waals surface area contributed by atoms with Crippen molar-refractivity contribution in [2.75, 3.05) is 31.0 Å². The Kier molecular flexibility index (Phi) is 5.69. The van der Waals surface area contributed by atoms with Crippen molar-refractivity contribution < 1.29 is 14.1 Å². The Bertz CT molecular complexity index is 1050. The van der Waals surface area contributed by atoms with Crippen LogP contribution in [0.15, 0.2) is 51.3 Å². The monoisotopic (exact) mass is 415 g/mol. The van der Waals surface area contributed by atoms with Crippen LogP contribution in [0.1, 0.15) is 22.8 Å². The largest absolute Gasteiger partial charge is 0.505 e. The highest BCUT2D eigenvalue weighted by Crippen LogP contribution is 2.32. The van der Waals surface area contributed by atoms with E-state index in [-0.39, 0.29) is 28.7 Å². The summed E-state index contributed by atoms with van der Waals surface area (Å²) >= 11 is 0. The second-order valence-corrected chi connectivity index (χ2v) is 8.97. The highest BCUT2D eigenvalue weighted by molar-refractivity contribution is 8.00. The molecule has 0 aromatic heterocycles. The van der Waals surface area contributed by atoms with E-state index in [9.17, 15) is 14.1 Å². The smallest absolute Gasteiger partial charge is 0.257 e. The van der Waals surface area contributed by atoms with Crippen molar-refractivity contribution in [2.45, 2.75) is 13.3 Å². The van der Waals surface area contributed by atoms with Crippen LogP contribution in [0.2, 0.25) is 0 Å². The highest BCUT2D eigenvalue weighted by atomic mass is 32.3. The van der Waals surface area contributed by atoms with Gasteiger partial charge in [-0.2, -0.15) is 8.80 Å². The zero-order chi connectivity index (χ0) is 21.2. The van der Waals surface area contributed by atoms with Gasteiger partial charge < -0.3 is 20.6 Å². The van der Waals surface area contributed by atoms with Crippen molar-refractivity contribution in [1.29, 1.82) is 0 Å². The quantitative estimate of drug-likeness (QED) is 0.453. The summed E-state index contributed by atoms with van der Waals surface area (Å²) in [6.45, 7) is 1.91. The summed E-state index contributed by atoms with van der Waals surface area (Å²) in [5.41, 5.74) is 2.01. The number of hydrogen-bond donors (Lipinski definition) is 4. The van der Waals surface area contributed by atoms with Crippen LogP contribution in [0.3, 0.4) is 0 Å². The number of phenolic OH excluding ortho intramolecular Hbond substituents is 1. The molecule has 0 spiro atoms. The van der Waals surface area contributed by atoms with E-state index in [0.29, 0.717) is 12.3 Å². The molecule has 154 valence electrons. The van der Waals surface area contributed by atoms with Gasteiger partial charge in [0.1, 0.15) is 0 Å². The fourth-order valence-electron chi connectivity index (χ4n) is 2.93. The molecular weight excluding hydrogens is 390 g/mol. The molecule has 1 heterocycles. The molecule has 1 aliphatic heterocycles. The van der Waals surface area contributed by atoms with E-state index in [4.69, 9.17) is 0 Å². The number of para-hydroxylation sites is 1. The minimum atomic E-state index is -3.11. The van der Waals surface area contributed by atoms with Crippen LogP contribution >= 0.6 is 0 Å². The average molecular weight is 416 g/mol. The number of hydrogen-bond acceptors (Lipinski definition) is 5. The van der Waals surface area contributed by atoms with Crippen LogP contribution in [0.4, 0.5) is 11.4 Å². The summed E-state index contributed by atoms with van der Waals surface area (Å²) < 4.78 is 20.8. The molecule has 3 N–H and O–H groups in total. The molecule has 0 saturated carbocycles. The third-order valence-electron chi connectivity index (χ3n) is 4.35. The fourth-order valence-corrected chi connectivity index (χ4v) is 4.01. The molecular formula is C20H25N5O3S. The molecule has 8 nitrogen and oxygen atoms in total. The van der Waals surface area contributed by atoms with Gasteiger partial charge in [-0.1, -0.05) is 31.2 Å². The van der Waals surface area contributed by atoms with Gasteiger partial charge in [0.15, 0.2) is 17.4 Å². The maximum atomic E-state index is 12.6. The Labute approximate surface area is 171 Å². The van der Waals surface area contributed by atoms with Crippen LogP contribution in [0.25, 0.3) is 0 Å². The first-order valence-electron chi connectivity index (χ1n) is 9.15. The number of nitrogens with one attached hydrogen (secondary N) is 2. The second kappa shape index (κ2) is 8.04. The summed E-state index contributed by atoms with van der Waals surface area (Å²) in [5.74, 6) is 0.0699. The van der Waals surface area contributed by atoms with Gasteiger partial charge in [0.25, 0.3) is 5.91 Å². The Morgan fingerprint density at radius 3 is 2.28 bits per heavy atom. The van der Waals surface area contributed by atoms with Crippen molar-refractivity contribution >= 4 is 39.3 Å². The first kappa shape index (κ1) is 20.5. The predicted octanol–water partition coefficient (Wildman–Crippen LogP) is 2.47. The number of amides is 1. The molecule has 9 heteroatoms. The average Bonchev–Trinajstić information content (AvgIpc) is 2.96. The molecule has 1 aliphatic rings. The molecule has 0 radical (unpaired) electrons. The molecule has 0 bridgehead atoms. The maximum absolute atomic E-state index is 12.6. The normalized spacial score (nSPS) is 15.9. The van der Waals surface area contributed by atoms with Gasteiger partial charge in [-0.3, -0.25) is 4.79 Å². The molecule has 3 rings (SSSR count). The lowest BCUT2D eigenvalue weighted by molar-refractivity contribution is 0.0823. The number of nitrogens with zero attached hydrogens (tertiary/aromatic N) is 3. The molecule has 0 atom stereocenters. The lowest BCUT2D eigenvalue weighted by Gasteiger charge is -2.18. The van der Waals surface area contributed by atoms with Crippen molar-refractivity contribution in [1.82, 2.24) is 4.90 Å². The van der Waals surface area contributed by atoms with E-state index in [1.54, 1.807) is 26.2 Å². The minimum Gasteiger partial charge on any atom is -0.505 e. The number of aromatic hydroxyl groups is 1. The Hall–Kier alpha value is -3.20. The number of carbonyl (C=O) groups is 1. The fraction of sp³-hybridized carbons (Fsp3) is 0.250. The number of carbonyl (C=O) groups excluding carboxylic acids is 1. The second-order valence-electron chi connectivity index (χ2n) is 6.90. The zero-order valence-corrected chi connectivity index (χ0v) is 17.7. The van der Waals surface area contributed by atoms with Gasteiger partial charge in [0, 0.05) is 26.0 Å². The van der Waals surface area contributed by atoms with Crippen molar-refractivity contribution in [3.8, 4) is 5.75 Å². The van der Waals surface area contributed by atoms with Gasteiger partial charge in [0.05, 0.1) is 21.6 Å². The molecule has 1 amide bonds. The molecule has 0 saturated heterocycles. The molecule has 0 aliphatic carbocycles. The van der Waals surface area contributed by atoms with Crippen LogP contribution in [-0.4, -0.2) is 52.1 Å².